The molecule has 0 aromatic carbocycles. The lowest BCUT2D eigenvalue weighted by Gasteiger charge is -2.13. The lowest BCUT2D eigenvalue weighted by atomic mass is 10.1. The molecule has 0 saturated carbocycles. The lowest BCUT2D eigenvalue weighted by Crippen LogP contribution is -2.36. The molecule has 19 heavy (non-hydrogen) atoms. The van der Waals surface area contributed by atoms with Crippen LogP contribution in [-0.4, -0.2) is 28.8 Å². The second kappa shape index (κ2) is 6.04. The van der Waals surface area contributed by atoms with Gasteiger partial charge in [-0.1, -0.05) is 23.8 Å². The highest BCUT2D eigenvalue weighted by atomic mass is 35.5. The van der Waals surface area contributed by atoms with Crippen LogP contribution in [0.15, 0.2) is 24.4 Å². The standard InChI is InChI=1S/C13H16ClN3O2/c1-8-4-11(6-15-12(8)14)17-13(19)16-10-3-2-9(5-10)7-18/h2-4,6,9-10,18H,5,7H2,1H3,(H2,16,17,19)/t9-,10+/m0/s1. The van der Waals surface area contributed by atoms with Gasteiger partial charge in [-0.3, -0.25) is 0 Å². The summed E-state index contributed by atoms with van der Waals surface area (Å²) in [6.45, 7) is 1.93. The number of anilines is 1. The fourth-order valence-corrected chi connectivity index (χ4v) is 2.08. The van der Waals surface area contributed by atoms with Crippen molar-refractivity contribution in [2.24, 2.45) is 5.92 Å². The molecule has 6 heteroatoms. The second-order valence-electron chi connectivity index (χ2n) is 4.60. The number of carbonyl (C=O) groups is 1. The summed E-state index contributed by atoms with van der Waals surface area (Å²) in [7, 11) is 0. The number of amides is 2. The number of hydrogen-bond donors (Lipinski definition) is 3. The van der Waals surface area contributed by atoms with Crippen molar-refractivity contribution in [3.63, 3.8) is 0 Å². The number of rotatable bonds is 3. The van der Waals surface area contributed by atoms with Gasteiger partial charge >= 0.3 is 6.03 Å². The number of nitrogens with zero attached hydrogens (tertiary/aromatic N) is 1. The first-order chi connectivity index (χ1) is 9.08. The van der Waals surface area contributed by atoms with Crippen LogP contribution < -0.4 is 10.6 Å². The summed E-state index contributed by atoms with van der Waals surface area (Å²) < 4.78 is 0. The second-order valence-corrected chi connectivity index (χ2v) is 4.96. The number of nitrogens with one attached hydrogen (secondary N) is 2. The molecule has 1 aromatic heterocycles. The maximum Gasteiger partial charge on any atom is 0.319 e. The quantitative estimate of drug-likeness (QED) is 0.587. The van der Waals surface area contributed by atoms with Crippen LogP contribution in [-0.2, 0) is 0 Å². The molecule has 2 rings (SSSR count). The Balaban J connectivity index is 1.88. The Kier molecular flexibility index (Phi) is 4.39. The number of aryl methyl sites for hydroxylation is 1. The molecular weight excluding hydrogens is 266 g/mol. The molecule has 1 aliphatic rings. The van der Waals surface area contributed by atoms with Gasteiger partial charge in [0.1, 0.15) is 5.15 Å². The smallest absolute Gasteiger partial charge is 0.319 e. The van der Waals surface area contributed by atoms with Crippen LogP contribution in [0.1, 0.15) is 12.0 Å². The monoisotopic (exact) mass is 281 g/mol. The van der Waals surface area contributed by atoms with Gasteiger partial charge in [-0.2, -0.15) is 0 Å². The number of pyridine rings is 1. The van der Waals surface area contributed by atoms with E-state index in [1.165, 1.54) is 6.20 Å². The molecule has 102 valence electrons. The first-order valence-corrected chi connectivity index (χ1v) is 6.45. The summed E-state index contributed by atoms with van der Waals surface area (Å²) in [6, 6.07) is 1.42. The van der Waals surface area contributed by atoms with E-state index in [9.17, 15) is 4.79 Å². The normalized spacial score (nSPS) is 21.4. The Hall–Kier alpha value is -1.59. The lowest BCUT2D eigenvalue weighted by molar-refractivity contribution is 0.238. The molecule has 5 nitrogen and oxygen atoms in total. The molecule has 3 N–H and O–H groups in total. The predicted octanol–water partition coefficient (Wildman–Crippen LogP) is 2.10. The van der Waals surface area contributed by atoms with Crippen LogP contribution >= 0.6 is 11.6 Å². The van der Waals surface area contributed by atoms with E-state index >= 15 is 0 Å². The Bertz CT molecular complexity index is 505. The van der Waals surface area contributed by atoms with Crippen molar-refractivity contribution in [3.05, 3.63) is 35.1 Å². The molecule has 0 aliphatic heterocycles. The SMILES string of the molecule is Cc1cc(NC(=O)N[C@@H]2C=C[C@H](CO)C2)cnc1Cl. The highest BCUT2D eigenvalue weighted by Gasteiger charge is 2.19. The van der Waals surface area contributed by atoms with Crippen LogP contribution in [0.5, 0.6) is 0 Å². The molecule has 0 spiro atoms. The Labute approximate surface area is 116 Å². The van der Waals surface area contributed by atoms with Crippen molar-refractivity contribution in [2.45, 2.75) is 19.4 Å². The van der Waals surface area contributed by atoms with Gasteiger partial charge in [0.2, 0.25) is 0 Å². The highest BCUT2D eigenvalue weighted by molar-refractivity contribution is 6.30. The first-order valence-electron chi connectivity index (χ1n) is 6.07. The zero-order chi connectivity index (χ0) is 13.8. The topological polar surface area (TPSA) is 74.2 Å². The van der Waals surface area contributed by atoms with Crippen molar-refractivity contribution in [2.75, 3.05) is 11.9 Å². The van der Waals surface area contributed by atoms with E-state index in [0.29, 0.717) is 10.8 Å². The third-order valence-corrected chi connectivity index (χ3v) is 3.39. The summed E-state index contributed by atoms with van der Waals surface area (Å²) in [4.78, 5) is 15.7. The van der Waals surface area contributed by atoms with Gasteiger partial charge in [-0.15, -0.1) is 0 Å². The third kappa shape index (κ3) is 3.68. The predicted molar refractivity (Wildman–Crippen MR) is 74.3 cm³/mol. The van der Waals surface area contributed by atoms with Crippen molar-refractivity contribution in [1.29, 1.82) is 0 Å². The molecule has 1 aromatic rings. The number of carbonyl (C=O) groups excluding carboxylic acids is 1. The molecule has 2 atom stereocenters. The molecular formula is C13H16ClN3O2. The number of aromatic nitrogens is 1. The summed E-state index contributed by atoms with van der Waals surface area (Å²) in [6.07, 6.45) is 6.04. The average Bonchev–Trinajstić information content (AvgIpc) is 2.81. The van der Waals surface area contributed by atoms with Crippen LogP contribution in [0, 0.1) is 12.8 Å². The van der Waals surface area contributed by atoms with Crippen LogP contribution in [0.25, 0.3) is 0 Å². The minimum atomic E-state index is -0.295. The minimum Gasteiger partial charge on any atom is -0.396 e. The first kappa shape index (κ1) is 13.8. The largest absolute Gasteiger partial charge is 0.396 e. The van der Waals surface area contributed by atoms with Gasteiger partial charge in [0.15, 0.2) is 0 Å². The summed E-state index contributed by atoms with van der Waals surface area (Å²) in [5, 5.41) is 15.0. The van der Waals surface area contributed by atoms with Crippen molar-refractivity contribution in [3.8, 4) is 0 Å². The van der Waals surface area contributed by atoms with Gasteiger partial charge in [0, 0.05) is 18.6 Å². The molecule has 0 unspecified atom stereocenters. The number of aliphatic hydroxyl groups excluding tert-OH is 1. The molecule has 0 radical (unpaired) electrons. The minimum absolute atomic E-state index is 0.0430. The average molecular weight is 282 g/mol. The molecule has 1 heterocycles. The van der Waals surface area contributed by atoms with Crippen LogP contribution in [0.2, 0.25) is 5.15 Å². The maximum absolute atomic E-state index is 11.8. The summed E-state index contributed by atoms with van der Waals surface area (Å²) in [5.74, 6) is 0.129. The van der Waals surface area contributed by atoms with Crippen LogP contribution in [0.4, 0.5) is 10.5 Å². The Morgan fingerprint density at radius 1 is 1.58 bits per heavy atom. The van der Waals surface area contributed by atoms with E-state index in [4.69, 9.17) is 16.7 Å². The maximum atomic E-state index is 11.8. The van der Waals surface area contributed by atoms with Gasteiger partial charge in [0.05, 0.1) is 11.9 Å². The molecule has 0 fully saturated rings. The van der Waals surface area contributed by atoms with Gasteiger partial charge < -0.3 is 15.7 Å². The zero-order valence-electron chi connectivity index (χ0n) is 10.6. The third-order valence-electron chi connectivity index (χ3n) is 3.00. The van der Waals surface area contributed by atoms with E-state index in [1.807, 2.05) is 19.1 Å². The van der Waals surface area contributed by atoms with Gasteiger partial charge in [-0.25, -0.2) is 9.78 Å². The molecule has 0 bridgehead atoms. The van der Waals surface area contributed by atoms with E-state index in [2.05, 4.69) is 15.6 Å². The van der Waals surface area contributed by atoms with Crippen molar-refractivity contribution < 1.29 is 9.90 Å². The summed E-state index contributed by atoms with van der Waals surface area (Å²) in [5.41, 5.74) is 1.40. The fraction of sp³-hybridized carbons (Fsp3) is 0.385. The Morgan fingerprint density at radius 2 is 2.37 bits per heavy atom. The van der Waals surface area contributed by atoms with E-state index in [1.54, 1.807) is 6.07 Å². The van der Waals surface area contributed by atoms with Gasteiger partial charge in [0.25, 0.3) is 0 Å². The molecule has 2 amide bonds. The number of urea groups is 1. The molecule has 1 aliphatic carbocycles. The van der Waals surface area contributed by atoms with Crippen molar-refractivity contribution >= 4 is 23.3 Å². The number of aliphatic hydroxyl groups is 1. The number of halogens is 1. The van der Waals surface area contributed by atoms with E-state index in [-0.39, 0.29) is 24.6 Å². The molecule has 0 saturated heterocycles. The number of hydrogen-bond acceptors (Lipinski definition) is 3. The van der Waals surface area contributed by atoms with E-state index < -0.39 is 0 Å². The highest BCUT2D eigenvalue weighted by Crippen LogP contribution is 2.18. The van der Waals surface area contributed by atoms with E-state index in [0.717, 1.165) is 12.0 Å². The summed E-state index contributed by atoms with van der Waals surface area (Å²) >= 11 is 5.81. The van der Waals surface area contributed by atoms with Gasteiger partial charge in [-0.05, 0) is 25.0 Å². The zero-order valence-corrected chi connectivity index (χ0v) is 11.3. The van der Waals surface area contributed by atoms with Crippen molar-refractivity contribution in [1.82, 2.24) is 10.3 Å². The fourth-order valence-electron chi connectivity index (χ4n) is 1.98. The Morgan fingerprint density at radius 3 is 3.00 bits per heavy atom. The van der Waals surface area contributed by atoms with Crippen LogP contribution in [0.3, 0.4) is 0 Å².